The van der Waals surface area contributed by atoms with Gasteiger partial charge >= 0.3 is 0 Å². The van der Waals surface area contributed by atoms with Crippen LogP contribution >= 0.6 is 0 Å². The Kier molecular flexibility index (Phi) is 2.83. The molecule has 4 nitrogen and oxygen atoms in total. The second-order valence-electron chi connectivity index (χ2n) is 4.56. The highest BCUT2D eigenvalue weighted by Crippen LogP contribution is 2.29. The van der Waals surface area contributed by atoms with E-state index in [1.807, 2.05) is 20.8 Å². The molecule has 0 atom stereocenters. The molecule has 2 amide bonds. The van der Waals surface area contributed by atoms with Gasteiger partial charge in [-0.05, 0) is 20.8 Å². The maximum atomic E-state index is 11.7. The molecular weight excluding hydrogens is 180 g/mol. The van der Waals surface area contributed by atoms with Crippen LogP contribution in [0.4, 0.5) is 0 Å². The third-order valence-corrected chi connectivity index (χ3v) is 2.49. The van der Waals surface area contributed by atoms with E-state index in [0.29, 0.717) is 13.1 Å². The summed E-state index contributed by atoms with van der Waals surface area (Å²) in [6, 6.07) is 0.158. The van der Waals surface area contributed by atoms with E-state index in [1.54, 1.807) is 4.90 Å². The molecule has 0 spiro atoms. The zero-order chi connectivity index (χ0) is 10.9. The summed E-state index contributed by atoms with van der Waals surface area (Å²) in [4.78, 5) is 24.3. The van der Waals surface area contributed by atoms with E-state index in [4.69, 9.17) is 0 Å². The standard InChI is InChI=1S/C10H18N2O2/c1-7(2)11-9(14)10(4)5-12(6-10)8(3)13/h7H,5-6H2,1-4H3,(H,11,14). The van der Waals surface area contributed by atoms with Gasteiger partial charge in [-0.2, -0.15) is 0 Å². The second-order valence-corrected chi connectivity index (χ2v) is 4.56. The van der Waals surface area contributed by atoms with Crippen LogP contribution in [0.1, 0.15) is 27.7 Å². The molecule has 0 aromatic rings. The summed E-state index contributed by atoms with van der Waals surface area (Å²) in [6.45, 7) is 8.37. The fraction of sp³-hybridized carbons (Fsp3) is 0.800. The number of hydrogen-bond donors (Lipinski definition) is 1. The van der Waals surface area contributed by atoms with Gasteiger partial charge in [0.1, 0.15) is 0 Å². The van der Waals surface area contributed by atoms with E-state index in [-0.39, 0.29) is 23.3 Å². The predicted octanol–water partition coefficient (Wildman–Crippen LogP) is 0.379. The van der Waals surface area contributed by atoms with Gasteiger partial charge in [0, 0.05) is 26.1 Å². The van der Waals surface area contributed by atoms with Crippen molar-refractivity contribution in [3.05, 3.63) is 0 Å². The number of nitrogens with one attached hydrogen (secondary N) is 1. The first-order valence-electron chi connectivity index (χ1n) is 4.91. The highest BCUT2D eigenvalue weighted by Gasteiger charge is 2.46. The van der Waals surface area contributed by atoms with Crippen molar-refractivity contribution in [3.63, 3.8) is 0 Å². The van der Waals surface area contributed by atoms with Gasteiger partial charge in [-0.3, -0.25) is 9.59 Å². The van der Waals surface area contributed by atoms with Crippen molar-refractivity contribution >= 4 is 11.8 Å². The molecule has 0 aliphatic carbocycles. The lowest BCUT2D eigenvalue weighted by atomic mass is 9.80. The first-order valence-corrected chi connectivity index (χ1v) is 4.91. The summed E-state index contributed by atoms with van der Waals surface area (Å²) in [5, 5.41) is 2.87. The van der Waals surface area contributed by atoms with Crippen molar-refractivity contribution in [1.29, 1.82) is 0 Å². The van der Waals surface area contributed by atoms with E-state index in [9.17, 15) is 9.59 Å². The maximum absolute atomic E-state index is 11.7. The Morgan fingerprint density at radius 2 is 1.86 bits per heavy atom. The minimum atomic E-state index is -0.379. The summed E-state index contributed by atoms with van der Waals surface area (Å²) >= 11 is 0. The highest BCUT2D eigenvalue weighted by molar-refractivity contribution is 5.86. The minimum absolute atomic E-state index is 0.0415. The minimum Gasteiger partial charge on any atom is -0.353 e. The zero-order valence-electron chi connectivity index (χ0n) is 9.26. The molecule has 1 fully saturated rings. The van der Waals surface area contributed by atoms with Gasteiger partial charge < -0.3 is 10.2 Å². The molecule has 1 heterocycles. The van der Waals surface area contributed by atoms with Crippen LogP contribution < -0.4 is 5.32 Å². The molecule has 0 bridgehead atoms. The zero-order valence-corrected chi connectivity index (χ0v) is 9.26. The normalized spacial score (nSPS) is 19.1. The monoisotopic (exact) mass is 198 g/mol. The Labute approximate surface area is 84.7 Å². The number of hydrogen-bond acceptors (Lipinski definition) is 2. The molecule has 4 heteroatoms. The molecule has 80 valence electrons. The second kappa shape index (κ2) is 3.59. The first-order chi connectivity index (χ1) is 6.35. The number of rotatable bonds is 2. The van der Waals surface area contributed by atoms with Gasteiger partial charge in [-0.15, -0.1) is 0 Å². The molecular formula is C10H18N2O2. The van der Waals surface area contributed by atoms with Crippen molar-refractivity contribution in [2.75, 3.05) is 13.1 Å². The number of carbonyl (C=O) groups excluding carboxylic acids is 2. The molecule has 0 saturated carbocycles. The average Bonchev–Trinajstić information content (AvgIpc) is 1.96. The van der Waals surface area contributed by atoms with Crippen LogP contribution in [0.3, 0.4) is 0 Å². The van der Waals surface area contributed by atoms with Crippen LogP contribution in [0, 0.1) is 5.41 Å². The summed E-state index contributed by atoms with van der Waals surface area (Å²) in [6.07, 6.45) is 0. The van der Waals surface area contributed by atoms with Crippen LogP contribution in [0.15, 0.2) is 0 Å². The molecule has 0 unspecified atom stereocenters. The molecule has 1 aliphatic heterocycles. The third kappa shape index (κ3) is 2.05. The smallest absolute Gasteiger partial charge is 0.229 e. The summed E-state index contributed by atoms with van der Waals surface area (Å²) in [5.41, 5.74) is -0.379. The Hall–Kier alpha value is -1.06. The van der Waals surface area contributed by atoms with Crippen LogP contribution in [0.25, 0.3) is 0 Å². The van der Waals surface area contributed by atoms with Crippen molar-refractivity contribution in [2.45, 2.75) is 33.7 Å². The first kappa shape index (κ1) is 11.0. The number of amides is 2. The number of nitrogens with zero attached hydrogens (tertiary/aromatic N) is 1. The summed E-state index contributed by atoms with van der Waals surface area (Å²) in [5.74, 6) is 0.0878. The third-order valence-electron chi connectivity index (χ3n) is 2.49. The van der Waals surface area contributed by atoms with Gasteiger partial charge in [0.25, 0.3) is 0 Å². The molecule has 14 heavy (non-hydrogen) atoms. The molecule has 0 aromatic heterocycles. The number of likely N-dealkylation sites (tertiary alicyclic amines) is 1. The quantitative estimate of drug-likeness (QED) is 0.697. The molecule has 0 aromatic carbocycles. The Morgan fingerprint density at radius 1 is 1.36 bits per heavy atom. The lowest BCUT2D eigenvalue weighted by molar-refractivity contribution is -0.150. The Balaban J connectivity index is 2.47. The van der Waals surface area contributed by atoms with Gasteiger partial charge in [-0.25, -0.2) is 0 Å². The lowest BCUT2D eigenvalue weighted by Gasteiger charge is -2.46. The Bertz CT molecular complexity index is 255. The predicted molar refractivity (Wildman–Crippen MR) is 53.6 cm³/mol. The largest absolute Gasteiger partial charge is 0.353 e. The Morgan fingerprint density at radius 3 is 2.21 bits per heavy atom. The van der Waals surface area contributed by atoms with Crippen LogP contribution in [-0.2, 0) is 9.59 Å². The maximum Gasteiger partial charge on any atom is 0.229 e. The fourth-order valence-corrected chi connectivity index (χ4v) is 1.60. The van der Waals surface area contributed by atoms with Crippen molar-refractivity contribution < 1.29 is 9.59 Å². The fourth-order valence-electron chi connectivity index (χ4n) is 1.60. The SMILES string of the molecule is CC(=O)N1CC(C)(C(=O)NC(C)C)C1. The van der Waals surface area contributed by atoms with Crippen molar-refractivity contribution in [1.82, 2.24) is 10.2 Å². The van der Waals surface area contributed by atoms with Crippen molar-refractivity contribution in [2.24, 2.45) is 5.41 Å². The van der Waals surface area contributed by atoms with E-state index in [1.165, 1.54) is 6.92 Å². The lowest BCUT2D eigenvalue weighted by Crippen LogP contribution is -2.63. The topological polar surface area (TPSA) is 49.4 Å². The van der Waals surface area contributed by atoms with E-state index < -0.39 is 0 Å². The number of carbonyl (C=O) groups is 2. The molecule has 0 radical (unpaired) electrons. The molecule has 1 saturated heterocycles. The molecule has 1 N–H and O–H groups in total. The van der Waals surface area contributed by atoms with Crippen LogP contribution in [0.2, 0.25) is 0 Å². The van der Waals surface area contributed by atoms with Gasteiger partial charge in [0.2, 0.25) is 11.8 Å². The van der Waals surface area contributed by atoms with E-state index in [0.717, 1.165) is 0 Å². The van der Waals surface area contributed by atoms with E-state index >= 15 is 0 Å². The van der Waals surface area contributed by atoms with E-state index in [2.05, 4.69) is 5.32 Å². The van der Waals surface area contributed by atoms with Crippen LogP contribution in [-0.4, -0.2) is 35.8 Å². The van der Waals surface area contributed by atoms with Gasteiger partial charge in [0.05, 0.1) is 5.41 Å². The molecule has 1 aliphatic rings. The average molecular weight is 198 g/mol. The summed E-state index contributed by atoms with van der Waals surface area (Å²) < 4.78 is 0. The van der Waals surface area contributed by atoms with Crippen molar-refractivity contribution in [3.8, 4) is 0 Å². The highest BCUT2D eigenvalue weighted by atomic mass is 16.2. The van der Waals surface area contributed by atoms with Gasteiger partial charge in [0.15, 0.2) is 0 Å². The van der Waals surface area contributed by atoms with Crippen LogP contribution in [0.5, 0.6) is 0 Å². The van der Waals surface area contributed by atoms with Gasteiger partial charge in [-0.1, -0.05) is 0 Å². The summed E-state index contributed by atoms with van der Waals surface area (Å²) in [7, 11) is 0. The molecule has 1 rings (SSSR count).